The predicted octanol–water partition coefficient (Wildman–Crippen LogP) is 4.36. The average Bonchev–Trinajstić information content (AvgIpc) is 3.48. The third-order valence-corrected chi connectivity index (χ3v) is 6.29. The van der Waals surface area contributed by atoms with Gasteiger partial charge in [-0.15, -0.1) is 0 Å². The zero-order valence-electron chi connectivity index (χ0n) is 16.6. The highest BCUT2D eigenvalue weighted by atomic mass is 32.1. The summed E-state index contributed by atoms with van der Waals surface area (Å²) in [6.07, 6.45) is 6.08. The third-order valence-electron chi connectivity index (χ3n) is 5.53. The molecule has 2 N–H and O–H groups in total. The largest absolute Gasteiger partial charge is 0.348 e. The number of hydrogen-bond acceptors (Lipinski definition) is 5. The molecule has 1 aliphatic carbocycles. The van der Waals surface area contributed by atoms with Gasteiger partial charge in [-0.1, -0.05) is 18.2 Å². The molecule has 6 nitrogen and oxygen atoms in total. The summed E-state index contributed by atoms with van der Waals surface area (Å²) in [5, 5.41) is 7.00. The number of nitrogens with zero attached hydrogens (tertiary/aromatic N) is 2. The molecule has 31 heavy (non-hydrogen) atoms. The normalized spacial score (nSPS) is 17.3. The molecule has 1 aliphatic rings. The van der Waals surface area contributed by atoms with Crippen LogP contribution in [0.4, 0.5) is 5.69 Å². The Bertz CT molecular complexity index is 1240. The molecule has 0 unspecified atom stereocenters. The number of rotatable bonds is 6. The van der Waals surface area contributed by atoms with Crippen molar-refractivity contribution in [1.82, 2.24) is 14.7 Å². The summed E-state index contributed by atoms with van der Waals surface area (Å²) in [5.41, 5.74) is 3.44. The van der Waals surface area contributed by atoms with Crippen molar-refractivity contribution in [3.05, 3.63) is 89.9 Å². The molecule has 2 aromatic heterocycles. The summed E-state index contributed by atoms with van der Waals surface area (Å²) < 4.78 is 5.22. The molecule has 0 spiro atoms. The van der Waals surface area contributed by atoms with E-state index in [4.69, 9.17) is 0 Å². The average molecular weight is 429 g/mol. The van der Waals surface area contributed by atoms with Crippen LogP contribution in [0.1, 0.15) is 33.8 Å². The van der Waals surface area contributed by atoms with Crippen molar-refractivity contribution in [2.75, 3.05) is 5.32 Å². The predicted molar refractivity (Wildman–Crippen MR) is 121 cm³/mol. The van der Waals surface area contributed by atoms with E-state index >= 15 is 0 Å². The van der Waals surface area contributed by atoms with Crippen LogP contribution >= 0.6 is 11.5 Å². The van der Waals surface area contributed by atoms with Gasteiger partial charge in [-0.2, -0.15) is 4.37 Å². The van der Waals surface area contributed by atoms with E-state index in [1.807, 2.05) is 60.8 Å². The van der Waals surface area contributed by atoms with Crippen LogP contribution < -0.4 is 10.6 Å². The van der Waals surface area contributed by atoms with Crippen LogP contribution in [0, 0.1) is 5.92 Å². The van der Waals surface area contributed by atoms with Crippen molar-refractivity contribution < 1.29 is 9.59 Å². The Morgan fingerprint density at radius 3 is 2.74 bits per heavy atom. The Labute approximate surface area is 183 Å². The third kappa shape index (κ3) is 4.32. The molecule has 0 saturated heterocycles. The first kappa shape index (κ1) is 19.4. The van der Waals surface area contributed by atoms with Gasteiger partial charge in [-0.05, 0) is 71.4 Å². The monoisotopic (exact) mass is 428 g/mol. The second-order valence-electron chi connectivity index (χ2n) is 7.68. The molecule has 0 bridgehead atoms. The Kier molecular flexibility index (Phi) is 5.18. The lowest BCUT2D eigenvalue weighted by Crippen LogP contribution is -2.22. The summed E-state index contributed by atoms with van der Waals surface area (Å²) in [6.45, 7) is 0.437. The highest BCUT2D eigenvalue weighted by Crippen LogP contribution is 2.48. The van der Waals surface area contributed by atoms with Crippen LogP contribution in [0.5, 0.6) is 0 Å². The molecule has 0 radical (unpaired) electrons. The topological polar surface area (TPSA) is 84.0 Å². The SMILES string of the molecule is O=C(NCc1cccnc1)c1ccc([C@@H]2C[C@H]2C(=O)Nc2ccc3cnsc3c2)cc1. The molecule has 2 aromatic carbocycles. The van der Waals surface area contributed by atoms with E-state index in [0.717, 1.165) is 33.3 Å². The van der Waals surface area contributed by atoms with Gasteiger partial charge >= 0.3 is 0 Å². The lowest BCUT2D eigenvalue weighted by atomic mass is 10.1. The molecular formula is C24H20N4O2S. The van der Waals surface area contributed by atoms with Crippen LogP contribution in [-0.4, -0.2) is 21.2 Å². The molecular weight excluding hydrogens is 408 g/mol. The minimum atomic E-state index is -0.126. The summed E-state index contributed by atoms with van der Waals surface area (Å²) in [5.74, 6) is 0.0631. The van der Waals surface area contributed by atoms with E-state index in [1.54, 1.807) is 12.4 Å². The van der Waals surface area contributed by atoms with Crippen molar-refractivity contribution >= 4 is 39.1 Å². The number of nitrogens with one attached hydrogen (secondary N) is 2. The molecule has 2 atom stereocenters. The van der Waals surface area contributed by atoms with Crippen molar-refractivity contribution in [3.8, 4) is 0 Å². The Morgan fingerprint density at radius 1 is 1.06 bits per heavy atom. The number of anilines is 1. The van der Waals surface area contributed by atoms with Gasteiger partial charge in [0, 0.05) is 47.7 Å². The fourth-order valence-electron chi connectivity index (χ4n) is 3.69. The van der Waals surface area contributed by atoms with Gasteiger partial charge in [0.2, 0.25) is 5.91 Å². The summed E-state index contributed by atoms with van der Waals surface area (Å²) in [6, 6.07) is 17.1. The van der Waals surface area contributed by atoms with Crippen LogP contribution in [0.25, 0.3) is 10.1 Å². The second-order valence-corrected chi connectivity index (χ2v) is 8.52. The van der Waals surface area contributed by atoms with E-state index in [2.05, 4.69) is 20.0 Å². The maximum absolute atomic E-state index is 12.6. The van der Waals surface area contributed by atoms with Gasteiger partial charge in [-0.3, -0.25) is 14.6 Å². The van der Waals surface area contributed by atoms with E-state index in [0.29, 0.717) is 12.1 Å². The lowest BCUT2D eigenvalue weighted by molar-refractivity contribution is -0.117. The van der Waals surface area contributed by atoms with Crippen LogP contribution in [0.3, 0.4) is 0 Å². The first-order valence-corrected chi connectivity index (χ1v) is 10.9. The summed E-state index contributed by atoms with van der Waals surface area (Å²) >= 11 is 1.42. The number of pyridine rings is 1. The summed E-state index contributed by atoms with van der Waals surface area (Å²) in [7, 11) is 0. The molecule has 1 fully saturated rings. The van der Waals surface area contributed by atoms with Gasteiger partial charge in [0.1, 0.15) is 0 Å². The molecule has 1 saturated carbocycles. The number of fused-ring (bicyclic) bond motifs is 1. The molecule has 2 heterocycles. The fraction of sp³-hybridized carbons (Fsp3) is 0.167. The smallest absolute Gasteiger partial charge is 0.251 e. The van der Waals surface area contributed by atoms with Crippen molar-refractivity contribution in [2.45, 2.75) is 18.9 Å². The molecule has 0 aliphatic heterocycles. The minimum Gasteiger partial charge on any atom is -0.348 e. The maximum Gasteiger partial charge on any atom is 0.251 e. The molecule has 154 valence electrons. The van der Waals surface area contributed by atoms with Crippen LogP contribution in [-0.2, 0) is 11.3 Å². The first-order chi connectivity index (χ1) is 15.2. The lowest BCUT2D eigenvalue weighted by Gasteiger charge is -2.07. The van der Waals surface area contributed by atoms with Crippen LogP contribution in [0.2, 0.25) is 0 Å². The Hall–Kier alpha value is -3.58. The number of carbonyl (C=O) groups excluding carboxylic acids is 2. The Balaban J connectivity index is 1.17. The number of aromatic nitrogens is 2. The zero-order chi connectivity index (χ0) is 21.2. The van der Waals surface area contributed by atoms with E-state index < -0.39 is 0 Å². The second kappa shape index (κ2) is 8.28. The van der Waals surface area contributed by atoms with Gasteiger partial charge in [-0.25, -0.2) is 0 Å². The summed E-state index contributed by atoms with van der Waals surface area (Å²) in [4.78, 5) is 29.0. The standard InChI is InChI=1S/C24H20N4O2S/c29-23(26-13-15-2-1-9-25-12-15)17-5-3-16(4-6-17)20-11-21(20)24(30)28-19-8-7-18-14-27-31-22(18)10-19/h1-10,12,14,20-21H,11,13H2,(H,26,29)(H,28,30)/t20-,21+/m0/s1. The number of amides is 2. The van der Waals surface area contributed by atoms with E-state index in [-0.39, 0.29) is 23.7 Å². The quantitative estimate of drug-likeness (QED) is 0.478. The van der Waals surface area contributed by atoms with Gasteiger partial charge in [0.05, 0.1) is 4.70 Å². The number of benzene rings is 2. The van der Waals surface area contributed by atoms with Crippen LogP contribution in [0.15, 0.2) is 73.2 Å². The van der Waals surface area contributed by atoms with Crippen molar-refractivity contribution in [3.63, 3.8) is 0 Å². The van der Waals surface area contributed by atoms with Crippen molar-refractivity contribution in [1.29, 1.82) is 0 Å². The highest BCUT2D eigenvalue weighted by Gasteiger charge is 2.43. The molecule has 5 rings (SSSR count). The van der Waals surface area contributed by atoms with E-state index in [9.17, 15) is 9.59 Å². The molecule has 7 heteroatoms. The molecule has 2 amide bonds. The zero-order valence-corrected chi connectivity index (χ0v) is 17.4. The van der Waals surface area contributed by atoms with Crippen molar-refractivity contribution in [2.24, 2.45) is 5.92 Å². The highest BCUT2D eigenvalue weighted by molar-refractivity contribution is 7.13. The molecule has 4 aromatic rings. The van der Waals surface area contributed by atoms with E-state index in [1.165, 1.54) is 11.5 Å². The minimum absolute atomic E-state index is 0.0344. The van der Waals surface area contributed by atoms with Gasteiger partial charge in [0.25, 0.3) is 5.91 Å². The fourth-order valence-corrected chi connectivity index (χ4v) is 4.38. The maximum atomic E-state index is 12.6. The number of hydrogen-bond donors (Lipinski definition) is 2. The van der Waals surface area contributed by atoms with Gasteiger partial charge < -0.3 is 10.6 Å². The Morgan fingerprint density at radius 2 is 1.94 bits per heavy atom. The van der Waals surface area contributed by atoms with Gasteiger partial charge in [0.15, 0.2) is 0 Å². The number of carbonyl (C=O) groups is 2. The first-order valence-electron chi connectivity index (χ1n) is 10.1.